The molecule has 2 aliphatic rings. The number of carbonyl (C=O) groups excluding carboxylic acids is 1. The maximum absolute atomic E-state index is 12.4. The zero-order valence-corrected chi connectivity index (χ0v) is 16.2. The molecule has 0 aromatic heterocycles. The van der Waals surface area contributed by atoms with Gasteiger partial charge in [-0.15, -0.1) is 0 Å². The summed E-state index contributed by atoms with van der Waals surface area (Å²) in [5.41, 5.74) is 2.88. The number of amides is 1. The molecule has 0 aliphatic carbocycles. The molecule has 2 heterocycles. The van der Waals surface area contributed by atoms with Crippen LogP contribution in [0.4, 0.5) is 11.4 Å². The fraction of sp³-hybridized carbons (Fsp3) is 0.435. The van der Waals surface area contributed by atoms with Gasteiger partial charge in [-0.25, -0.2) is 0 Å². The smallest absolute Gasteiger partial charge is 0.269 e. The van der Waals surface area contributed by atoms with Crippen molar-refractivity contribution in [1.29, 1.82) is 0 Å². The molecule has 0 bridgehead atoms. The highest BCUT2D eigenvalue weighted by molar-refractivity contribution is 6.04. The van der Waals surface area contributed by atoms with E-state index in [1.54, 1.807) is 4.90 Å². The highest BCUT2D eigenvalue weighted by Gasteiger charge is 2.31. The minimum Gasteiger partial charge on any atom is -0.482 e. The monoisotopic (exact) mass is 381 g/mol. The third-order valence-corrected chi connectivity index (χ3v) is 5.71. The minimum absolute atomic E-state index is 0.0602. The second-order valence-electron chi connectivity index (χ2n) is 7.71. The lowest BCUT2D eigenvalue weighted by molar-refractivity contribution is -0.120. The normalized spacial score (nSPS) is 24.1. The molecule has 0 unspecified atom stereocenters. The summed E-state index contributed by atoms with van der Waals surface area (Å²) in [6.45, 7) is 2.48. The van der Waals surface area contributed by atoms with Gasteiger partial charge < -0.3 is 14.6 Å². The molecule has 5 nitrogen and oxygen atoms in total. The lowest BCUT2D eigenvalue weighted by atomic mass is 9.96. The number of aliphatic hydroxyl groups is 1. The van der Waals surface area contributed by atoms with Crippen molar-refractivity contribution in [3.05, 3.63) is 54.1 Å². The Labute approximate surface area is 165 Å². The van der Waals surface area contributed by atoms with Crippen LogP contribution in [0.3, 0.4) is 0 Å². The number of hydrogen-bond acceptors (Lipinski definition) is 4. The Balaban J connectivity index is 1.42. The van der Waals surface area contributed by atoms with Gasteiger partial charge in [0.15, 0.2) is 6.61 Å². The van der Waals surface area contributed by atoms with E-state index in [2.05, 4.69) is 19.1 Å². The van der Waals surface area contributed by atoms with E-state index < -0.39 is 0 Å². The summed E-state index contributed by atoms with van der Waals surface area (Å²) in [6.07, 6.45) is 4.12. The third-order valence-electron chi connectivity index (χ3n) is 5.71. The van der Waals surface area contributed by atoms with Crippen LogP contribution in [0.5, 0.6) is 5.75 Å². The Morgan fingerprint density at radius 3 is 2.68 bits per heavy atom. The van der Waals surface area contributed by atoms with Crippen molar-refractivity contribution in [2.45, 2.75) is 44.8 Å². The Morgan fingerprint density at radius 1 is 1.11 bits per heavy atom. The largest absolute Gasteiger partial charge is 0.482 e. The number of aliphatic hydroxyl groups excluding tert-OH is 1. The van der Waals surface area contributed by atoms with Gasteiger partial charge in [0.1, 0.15) is 5.75 Å². The van der Waals surface area contributed by atoms with Crippen LogP contribution in [-0.2, 0) is 16.0 Å². The lowest BCUT2D eigenvalue weighted by Gasteiger charge is -2.29. The van der Waals surface area contributed by atoms with E-state index in [0.717, 1.165) is 42.8 Å². The van der Waals surface area contributed by atoms with E-state index in [1.807, 2.05) is 36.4 Å². The number of para-hydroxylation sites is 2. The molecule has 5 heteroatoms. The molecule has 148 valence electrons. The van der Waals surface area contributed by atoms with Crippen molar-refractivity contribution in [2.75, 3.05) is 18.1 Å². The molecule has 1 amide bonds. The first-order valence-corrected chi connectivity index (χ1v) is 10.1. The number of hydrogen-bond donors (Lipinski definition) is 1. The average molecular weight is 381 g/mol. The van der Waals surface area contributed by atoms with Gasteiger partial charge in [0.25, 0.3) is 5.91 Å². The Kier molecular flexibility index (Phi) is 5.64. The molecule has 4 rings (SSSR count). The first-order valence-electron chi connectivity index (χ1n) is 10.1. The number of fused-ring (bicyclic) bond motifs is 1. The highest BCUT2D eigenvalue weighted by atomic mass is 16.5. The molecule has 1 saturated heterocycles. The van der Waals surface area contributed by atoms with Crippen LogP contribution in [0.15, 0.2) is 48.5 Å². The van der Waals surface area contributed by atoms with Crippen LogP contribution in [0.2, 0.25) is 0 Å². The van der Waals surface area contributed by atoms with Crippen molar-refractivity contribution < 1.29 is 19.4 Å². The van der Waals surface area contributed by atoms with Gasteiger partial charge in [-0.05, 0) is 61.4 Å². The van der Waals surface area contributed by atoms with Gasteiger partial charge in [0, 0.05) is 12.3 Å². The van der Waals surface area contributed by atoms with Crippen LogP contribution in [-0.4, -0.2) is 36.4 Å². The van der Waals surface area contributed by atoms with Crippen molar-refractivity contribution in [3.8, 4) is 5.75 Å². The van der Waals surface area contributed by atoms with Gasteiger partial charge in [-0.3, -0.25) is 9.69 Å². The predicted octanol–water partition coefficient (Wildman–Crippen LogP) is 3.85. The zero-order chi connectivity index (χ0) is 19.5. The van der Waals surface area contributed by atoms with Crippen LogP contribution in [0.1, 0.15) is 31.7 Å². The van der Waals surface area contributed by atoms with Gasteiger partial charge in [-0.2, -0.15) is 0 Å². The molecule has 2 aromatic rings. The van der Waals surface area contributed by atoms with Gasteiger partial charge in [0.2, 0.25) is 0 Å². The summed E-state index contributed by atoms with van der Waals surface area (Å²) < 4.78 is 11.6. The van der Waals surface area contributed by atoms with Gasteiger partial charge in [0.05, 0.1) is 17.9 Å². The van der Waals surface area contributed by atoms with E-state index >= 15 is 0 Å². The lowest BCUT2D eigenvalue weighted by Crippen LogP contribution is -2.35. The molecule has 0 spiro atoms. The molecule has 1 fully saturated rings. The number of ether oxygens (including phenoxy) is 2. The van der Waals surface area contributed by atoms with E-state index in [9.17, 15) is 4.79 Å². The number of nitrogens with zero attached hydrogens (tertiary/aromatic N) is 1. The van der Waals surface area contributed by atoms with Crippen LogP contribution in [0.25, 0.3) is 0 Å². The summed E-state index contributed by atoms with van der Waals surface area (Å²) in [4.78, 5) is 14.2. The Bertz CT molecular complexity index is 820. The number of aryl methyl sites for hydroxylation is 1. The van der Waals surface area contributed by atoms with Crippen LogP contribution < -0.4 is 9.64 Å². The highest BCUT2D eigenvalue weighted by Crippen LogP contribution is 2.37. The topological polar surface area (TPSA) is 59.0 Å². The molecule has 2 aliphatic heterocycles. The van der Waals surface area contributed by atoms with Crippen LogP contribution >= 0.6 is 0 Å². The van der Waals surface area contributed by atoms with E-state index in [1.165, 1.54) is 5.56 Å². The summed E-state index contributed by atoms with van der Waals surface area (Å²) in [5.74, 6) is 1.20. The SMILES string of the molecule is C[C@@H]1C[C@H](CCO)O[C@@H]1CCc1ccc(N2C(=O)COc3ccccc32)cc1. The molecule has 0 saturated carbocycles. The molecule has 3 atom stereocenters. The van der Waals surface area contributed by atoms with Crippen LogP contribution in [0, 0.1) is 5.92 Å². The van der Waals surface area contributed by atoms with Crippen molar-refractivity contribution in [3.63, 3.8) is 0 Å². The Hall–Kier alpha value is -2.37. The number of carbonyl (C=O) groups is 1. The second-order valence-corrected chi connectivity index (χ2v) is 7.71. The standard InChI is InChI=1S/C23H27NO4/c1-16-14-19(12-13-25)28-21(16)11-8-17-6-9-18(10-7-17)24-20-4-2-3-5-22(20)27-15-23(24)26/h2-7,9-10,16,19,21,25H,8,11-15H2,1H3/t16-,19+,21-/m1/s1. The van der Waals surface area contributed by atoms with Gasteiger partial charge >= 0.3 is 0 Å². The summed E-state index contributed by atoms with van der Waals surface area (Å²) in [7, 11) is 0. The third kappa shape index (κ3) is 3.91. The summed E-state index contributed by atoms with van der Waals surface area (Å²) >= 11 is 0. The number of anilines is 2. The molecule has 0 radical (unpaired) electrons. The summed E-state index contributed by atoms with van der Waals surface area (Å²) in [5, 5.41) is 9.10. The van der Waals surface area contributed by atoms with Crippen molar-refractivity contribution >= 4 is 17.3 Å². The maximum Gasteiger partial charge on any atom is 0.269 e. The zero-order valence-electron chi connectivity index (χ0n) is 16.2. The fourth-order valence-corrected chi connectivity index (χ4v) is 4.19. The average Bonchev–Trinajstić information content (AvgIpc) is 3.06. The molecule has 1 N–H and O–H groups in total. The first-order chi connectivity index (χ1) is 13.7. The maximum atomic E-state index is 12.4. The predicted molar refractivity (Wildman–Crippen MR) is 108 cm³/mol. The summed E-state index contributed by atoms with van der Waals surface area (Å²) in [6, 6.07) is 15.8. The molecular weight excluding hydrogens is 354 g/mol. The Morgan fingerprint density at radius 2 is 1.89 bits per heavy atom. The minimum atomic E-state index is -0.0606. The van der Waals surface area contributed by atoms with Gasteiger partial charge in [-0.1, -0.05) is 31.2 Å². The van der Waals surface area contributed by atoms with Crippen molar-refractivity contribution in [1.82, 2.24) is 0 Å². The second kappa shape index (κ2) is 8.33. The molecule has 28 heavy (non-hydrogen) atoms. The first kappa shape index (κ1) is 19.0. The molecule has 2 aromatic carbocycles. The number of benzene rings is 2. The quantitative estimate of drug-likeness (QED) is 0.826. The number of rotatable bonds is 6. The van der Waals surface area contributed by atoms with Crippen molar-refractivity contribution in [2.24, 2.45) is 5.92 Å². The van der Waals surface area contributed by atoms with E-state index in [0.29, 0.717) is 5.92 Å². The molecular formula is C23H27NO4. The fourth-order valence-electron chi connectivity index (χ4n) is 4.19. The van der Waals surface area contributed by atoms with E-state index in [-0.39, 0.29) is 31.3 Å². The van der Waals surface area contributed by atoms with E-state index in [4.69, 9.17) is 14.6 Å².